The van der Waals surface area contributed by atoms with Crippen molar-refractivity contribution in [2.24, 2.45) is 0 Å². The molecule has 3 rings (SSSR count). The largest absolute Gasteiger partial charge is 0.453 e. The molecule has 0 aliphatic rings. The first kappa shape index (κ1) is 29.4. The molecule has 0 spiro atoms. The van der Waals surface area contributed by atoms with Crippen LogP contribution in [0, 0.1) is 0 Å². The third-order valence-corrected chi connectivity index (χ3v) is 12.9. The van der Waals surface area contributed by atoms with Gasteiger partial charge in [-0.3, -0.25) is 0 Å². The van der Waals surface area contributed by atoms with E-state index in [9.17, 15) is 33.7 Å². The van der Waals surface area contributed by atoms with Gasteiger partial charge in [0.15, 0.2) is 11.2 Å². The average molecular weight is 597 g/mol. The summed E-state index contributed by atoms with van der Waals surface area (Å²) in [5.41, 5.74) is -0.646. The van der Waals surface area contributed by atoms with Crippen molar-refractivity contribution in [2.75, 3.05) is 56.4 Å². The van der Waals surface area contributed by atoms with Crippen molar-refractivity contribution in [1.29, 1.82) is 0 Å². The van der Waals surface area contributed by atoms with Gasteiger partial charge in [-0.05, 0) is 24.3 Å². The summed E-state index contributed by atoms with van der Waals surface area (Å²) < 4.78 is 114. The smallest absolute Gasteiger partial charge is 0.246 e. The number of sulfonamides is 4. The Balaban J connectivity index is 2.73. The van der Waals surface area contributed by atoms with Crippen molar-refractivity contribution >= 4 is 62.0 Å². The maximum atomic E-state index is 13.2. The Morgan fingerprint density at radius 2 is 0.730 bits per heavy atom. The maximum Gasteiger partial charge on any atom is 0.246 e. The number of hydrogen-bond acceptors (Lipinski definition) is 9. The minimum Gasteiger partial charge on any atom is -0.453 e. The highest BCUT2D eigenvalue weighted by Gasteiger charge is 2.33. The van der Waals surface area contributed by atoms with Gasteiger partial charge in [0.25, 0.3) is 0 Å². The third kappa shape index (κ3) is 4.67. The van der Waals surface area contributed by atoms with E-state index in [1.54, 1.807) is 0 Å². The SMILES string of the molecule is CN(C)S(=O)(=O)c1cc(S(=O)(=O)N(C)C)c2oc3c(S(=O)(=O)N(C)C)cc(S(=O)(=O)N(C)C)cc3c2c1. The van der Waals surface area contributed by atoms with Crippen LogP contribution in [0.1, 0.15) is 0 Å². The molecular formula is C20H28N4O9S4. The second-order valence-electron chi connectivity index (χ2n) is 8.85. The Morgan fingerprint density at radius 1 is 0.459 bits per heavy atom. The second-order valence-corrected chi connectivity index (χ2v) is 17.4. The fourth-order valence-corrected chi connectivity index (χ4v) is 7.53. The first-order valence-electron chi connectivity index (χ1n) is 10.4. The van der Waals surface area contributed by atoms with Gasteiger partial charge in [-0.15, -0.1) is 0 Å². The minimum absolute atomic E-state index is 0.0932. The molecule has 0 radical (unpaired) electrons. The van der Waals surface area contributed by atoms with E-state index in [4.69, 9.17) is 4.42 Å². The van der Waals surface area contributed by atoms with E-state index in [2.05, 4.69) is 0 Å². The van der Waals surface area contributed by atoms with Crippen LogP contribution in [0.2, 0.25) is 0 Å². The van der Waals surface area contributed by atoms with Crippen LogP contribution in [0.3, 0.4) is 0 Å². The van der Waals surface area contributed by atoms with Gasteiger partial charge in [0, 0.05) is 67.2 Å². The topological polar surface area (TPSA) is 163 Å². The molecule has 206 valence electrons. The molecule has 0 N–H and O–H groups in total. The predicted molar refractivity (Wildman–Crippen MR) is 137 cm³/mol. The zero-order valence-electron chi connectivity index (χ0n) is 21.4. The molecule has 17 heteroatoms. The summed E-state index contributed by atoms with van der Waals surface area (Å²) in [6.45, 7) is 0. The van der Waals surface area contributed by atoms with Crippen LogP contribution in [-0.4, -0.2) is 107 Å². The zero-order valence-corrected chi connectivity index (χ0v) is 24.7. The summed E-state index contributed by atoms with van der Waals surface area (Å²) in [5, 5.41) is -0.186. The number of rotatable bonds is 8. The standard InChI is InChI=1S/C20H28N4O9S4/c1-21(2)34(25,26)13-9-15-16-10-14(35(27,28)22(3)4)12-18(37(31,32)24(7)8)20(16)33-19(15)17(11-13)36(29,30)23(5)6/h9-12H,1-8H3. The van der Waals surface area contributed by atoms with Crippen molar-refractivity contribution in [3.05, 3.63) is 24.3 Å². The van der Waals surface area contributed by atoms with Gasteiger partial charge in [-0.1, -0.05) is 0 Å². The highest BCUT2D eigenvalue weighted by Crippen LogP contribution is 2.40. The van der Waals surface area contributed by atoms with E-state index < -0.39 is 59.7 Å². The highest BCUT2D eigenvalue weighted by atomic mass is 32.2. The van der Waals surface area contributed by atoms with Crippen LogP contribution in [0.15, 0.2) is 48.3 Å². The molecule has 0 atom stereocenters. The molecule has 2 aromatic carbocycles. The molecule has 0 saturated heterocycles. The van der Waals surface area contributed by atoms with E-state index >= 15 is 0 Å². The number of furan rings is 1. The molecule has 1 aromatic heterocycles. The molecule has 0 aliphatic heterocycles. The molecule has 0 aliphatic carbocycles. The van der Waals surface area contributed by atoms with Gasteiger partial charge in [0.05, 0.1) is 9.79 Å². The Kier molecular flexibility index (Phi) is 7.37. The van der Waals surface area contributed by atoms with Crippen LogP contribution in [0.4, 0.5) is 0 Å². The van der Waals surface area contributed by atoms with E-state index in [-0.39, 0.29) is 21.9 Å². The lowest BCUT2D eigenvalue weighted by molar-refractivity contribution is 0.516. The number of benzene rings is 2. The van der Waals surface area contributed by atoms with Gasteiger partial charge in [-0.25, -0.2) is 50.9 Å². The summed E-state index contributed by atoms with van der Waals surface area (Å²) in [6.07, 6.45) is 0. The highest BCUT2D eigenvalue weighted by molar-refractivity contribution is 7.90. The second kappa shape index (κ2) is 9.26. The van der Waals surface area contributed by atoms with E-state index in [1.807, 2.05) is 0 Å². The van der Waals surface area contributed by atoms with Crippen molar-refractivity contribution in [3.8, 4) is 0 Å². The molecule has 3 aromatic rings. The number of hydrogen-bond donors (Lipinski definition) is 0. The van der Waals surface area contributed by atoms with Crippen molar-refractivity contribution in [1.82, 2.24) is 17.2 Å². The number of nitrogens with zero attached hydrogens (tertiary/aromatic N) is 4. The molecule has 0 unspecified atom stereocenters. The predicted octanol–water partition coefficient (Wildman–Crippen LogP) is 0.587. The van der Waals surface area contributed by atoms with Crippen LogP contribution < -0.4 is 0 Å². The summed E-state index contributed by atoms with van der Waals surface area (Å²) in [7, 11) is -6.97. The van der Waals surface area contributed by atoms with Crippen LogP contribution in [0.25, 0.3) is 21.9 Å². The normalized spacial score (nSPS) is 14.2. The van der Waals surface area contributed by atoms with E-state index in [0.717, 1.165) is 41.5 Å². The van der Waals surface area contributed by atoms with Gasteiger partial charge in [0.1, 0.15) is 9.79 Å². The first-order chi connectivity index (χ1) is 16.7. The fourth-order valence-electron chi connectivity index (χ4n) is 3.36. The molecule has 13 nitrogen and oxygen atoms in total. The molecular weight excluding hydrogens is 569 g/mol. The third-order valence-electron chi connectivity index (χ3n) is 5.63. The van der Waals surface area contributed by atoms with Crippen LogP contribution in [-0.2, 0) is 40.1 Å². The lowest BCUT2D eigenvalue weighted by Crippen LogP contribution is -2.25. The van der Waals surface area contributed by atoms with Gasteiger partial charge in [-0.2, -0.15) is 0 Å². The van der Waals surface area contributed by atoms with Gasteiger partial charge >= 0.3 is 0 Å². The van der Waals surface area contributed by atoms with E-state index in [1.165, 1.54) is 56.4 Å². The lowest BCUT2D eigenvalue weighted by atomic mass is 10.1. The first-order valence-corrected chi connectivity index (χ1v) is 16.2. The number of fused-ring (bicyclic) bond motifs is 3. The van der Waals surface area contributed by atoms with E-state index in [0.29, 0.717) is 0 Å². The average Bonchev–Trinajstić information content (AvgIpc) is 3.15. The molecule has 37 heavy (non-hydrogen) atoms. The lowest BCUT2D eigenvalue weighted by Gasteiger charge is -2.15. The van der Waals surface area contributed by atoms with Gasteiger partial charge in [0.2, 0.25) is 40.1 Å². The zero-order chi connectivity index (χ0) is 28.5. The Hall–Kier alpha value is -2.12. The Labute approximate surface area is 217 Å². The molecule has 0 amide bonds. The van der Waals surface area contributed by atoms with Gasteiger partial charge < -0.3 is 4.42 Å². The quantitative estimate of drug-likeness (QED) is 0.362. The Morgan fingerprint density at radius 3 is 0.973 bits per heavy atom. The summed E-state index contributed by atoms with van der Waals surface area (Å²) >= 11 is 0. The van der Waals surface area contributed by atoms with Crippen molar-refractivity contribution < 1.29 is 38.1 Å². The monoisotopic (exact) mass is 596 g/mol. The fraction of sp³-hybridized carbons (Fsp3) is 0.400. The maximum absolute atomic E-state index is 13.2. The molecule has 0 saturated carbocycles. The summed E-state index contributed by atoms with van der Waals surface area (Å²) in [4.78, 5) is -1.88. The van der Waals surface area contributed by atoms with Crippen molar-refractivity contribution in [3.63, 3.8) is 0 Å². The van der Waals surface area contributed by atoms with Crippen LogP contribution >= 0.6 is 0 Å². The Bertz CT molecular complexity index is 1700. The minimum atomic E-state index is -4.31. The molecule has 0 fully saturated rings. The summed E-state index contributed by atoms with van der Waals surface area (Å²) in [5.74, 6) is 0. The van der Waals surface area contributed by atoms with Crippen molar-refractivity contribution in [2.45, 2.75) is 19.6 Å². The molecule has 0 bridgehead atoms. The molecule has 1 heterocycles. The summed E-state index contributed by atoms with van der Waals surface area (Å²) in [6, 6.07) is 4.10. The van der Waals surface area contributed by atoms with Crippen LogP contribution in [0.5, 0.6) is 0 Å².